The molecular weight excluding hydrogens is 430 g/mol. The highest BCUT2D eigenvalue weighted by molar-refractivity contribution is 9.10. The van der Waals surface area contributed by atoms with Gasteiger partial charge < -0.3 is 10.6 Å². The number of carbonyl (C=O) groups excluding carboxylic acids is 2. The lowest BCUT2D eigenvalue weighted by atomic mass is 10.0. The number of nitrogens with one attached hydrogen (secondary N) is 2. The Kier molecular flexibility index (Phi) is 7.83. The van der Waals surface area contributed by atoms with Crippen LogP contribution in [0.2, 0.25) is 0 Å². The van der Waals surface area contributed by atoms with E-state index in [1.54, 1.807) is 12.1 Å². The van der Waals surface area contributed by atoms with Crippen molar-refractivity contribution in [2.45, 2.75) is 38.8 Å². The zero-order valence-corrected chi connectivity index (χ0v) is 18.4. The third-order valence-electron chi connectivity index (χ3n) is 5.19. The highest BCUT2D eigenvalue weighted by atomic mass is 79.9. The lowest BCUT2D eigenvalue weighted by Gasteiger charge is -2.32. The van der Waals surface area contributed by atoms with Crippen LogP contribution in [-0.4, -0.2) is 42.4 Å². The molecule has 0 spiro atoms. The number of halogens is 1. The van der Waals surface area contributed by atoms with Crippen molar-refractivity contribution in [1.29, 1.82) is 0 Å². The molecule has 154 valence electrons. The third-order valence-corrected chi connectivity index (χ3v) is 5.71. The summed E-state index contributed by atoms with van der Waals surface area (Å²) in [5.41, 5.74) is 3.22. The summed E-state index contributed by atoms with van der Waals surface area (Å²) in [6, 6.07) is 16.0. The molecule has 0 aliphatic carbocycles. The maximum absolute atomic E-state index is 12.2. The summed E-state index contributed by atoms with van der Waals surface area (Å²) in [7, 11) is 0. The molecule has 0 atom stereocenters. The van der Waals surface area contributed by atoms with E-state index < -0.39 is 0 Å². The molecule has 1 aliphatic heterocycles. The van der Waals surface area contributed by atoms with Crippen molar-refractivity contribution in [3.8, 4) is 0 Å². The molecule has 0 unspecified atom stereocenters. The second-order valence-corrected chi connectivity index (χ2v) is 8.54. The van der Waals surface area contributed by atoms with E-state index in [2.05, 4.69) is 62.7 Å². The van der Waals surface area contributed by atoms with Crippen LogP contribution >= 0.6 is 15.9 Å². The molecule has 0 radical (unpaired) electrons. The van der Waals surface area contributed by atoms with E-state index in [0.29, 0.717) is 18.5 Å². The summed E-state index contributed by atoms with van der Waals surface area (Å²) in [4.78, 5) is 26.7. The van der Waals surface area contributed by atoms with Crippen LogP contribution in [0.5, 0.6) is 0 Å². The quantitative estimate of drug-likeness (QED) is 0.666. The molecular formula is C23H28BrN3O2. The second-order valence-electron chi connectivity index (χ2n) is 7.62. The van der Waals surface area contributed by atoms with Gasteiger partial charge in [0, 0.05) is 48.7 Å². The molecule has 1 saturated heterocycles. The van der Waals surface area contributed by atoms with Crippen molar-refractivity contribution in [2.24, 2.45) is 0 Å². The molecule has 1 aliphatic rings. The number of aryl methyl sites for hydroxylation is 1. The number of amides is 2. The van der Waals surface area contributed by atoms with E-state index in [4.69, 9.17) is 0 Å². The number of hydrogen-bond acceptors (Lipinski definition) is 3. The molecule has 6 heteroatoms. The first kappa shape index (κ1) is 21.5. The Morgan fingerprint density at radius 2 is 1.83 bits per heavy atom. The van der Waals surface area contributed by atoms with Crippen molar-refractivity contribution in [3.63, 3.8) is 0 Å². The fraction of sp³-hybridized carbons (Fsp3) is 0.391. The highest BCUT2D eigenvalue weighted by Gasteiger charge is 2.20. The third kappa shape index (κ3) is 6.98. The number of likely N-dealkylation sites (tertiary alicyclic amines) is 1. The van der Waals surface area contributed by atoms with Crippen LogP contribution in [0.3, 0.4) is 0 Å². The summed E-state index contributed by atoms with van der Waals surface area (Å²) in [6.45, 7) is 5.39. The van der Waals surface area contributed by atoms with E-state index in [9.17, 15) is 9.59 Å². The minimum absolute atomic E-state index is 0.00163. The highest BCUT2D eigenvalue weighted by Crippen LogP contribution is 2.15. The summed E-state index contributed by atoms with van der Waals surface area (Å²) >= 11 is 3.35. The van der Waals surface area contributed by atoms with Gasteiger partial charge in [-0.15, -0.1) is 0 Å². The van der Waals surface area contributed by atoms with Gasteiger partial charge in [0.05, 0.1) is 0 Å². The van der Waals surface area contributed by atoms with Crippen LogP contribution in [0, 0.1) is 6.92 Å². The topological polar surface area (TPSA) is 61.4 Å². The van der Waals surface area contributed by atoms with Crippen molar-refractivity contribution < 1.29 is 9.59 Å². The molecule has 2 aromatic rings. The van der Waals surface area contributed by atoms with Crippen molar-refractivity contribution in [2.75, 3.05) is 19.6 Å². The van der Waals surface area contributed by atoms with Crippen LogP contribution in [0.15, 0.2) is 53.0 Å². The molecule has 3 rings (SSSR count). The first-order valence-corrected chi connectivity index (χ1v) is 10.9. The minimum Gasteiger partial charge on any atom is -0.353 e. The monoisotopic (exact) mass is 457 g/mol. The first-order chi connectivity index (χ1) is 14.0. The smallest absolute Gasteiger partial charge is 0.251 e. The molecule has 2 amide bonds. The second kappa shape index (κ2) is 10.6. The van der Waals surface area contributed by atoms with Crippen LogP contribution in [0.1, 0.15) is 40.7 Å². The average molecular weight is 458 g/mol. The van der Waals surface area contributed by atoms with Crippen LogP contribution in [0.25, 0.3) is 0 Å². The SMILES string of the molecule is Cc1cccc(CN2CCC(NC(=O)CCNC(=O)c3ccc(Br)cc3)CC2)c1. The predicted octanol–water partition coefficient (Wildman–Crippen LogP) is 3.66. The van der Waals surface area contributed by atoms with Crippen molar-refractivity contribution in [3.05, 3.63) is 69.7 Å². The Morgan fingerprint density at radius 1 is 1.10 bits per heavy atom. The molecule has 1 heterocycles. The number of hydrogen-bond donors (Lipinski definition) is 2. The Hall–Kier alpha value is -2.18. The standard InChI is InChI=1S/C23H28BrN3O2/c1-17-3-2-4-18(15-17)16-27-13-10-21(11-14-27)26-22(28)9-12-25-23(29)19-5-7-20(24)8-6-19/h2-8,15,21H,9-14,16H2,1H3,(H,25,29)(H,26,28). The number of benzene rings is 2. The van der Waals surface area contributed by atoms with E-state index in [0.717, 1.165) is 36.9 Å². The molecule has 1 fully saturated rings. The fourth-order valence-corrected chi connectivity index (χ4v) is 3.86. The van der Waals surface area contributed by atoms with Gasteiger partial charge >= 0.3 is 0 Å². The van der Waals surface area contributed by atoms with Gasteiger partial charge in [-0.2, -0.15) is 0 Å². The van der Waals surface area contributed by atoms with E-state index in [-0.39, 0.29) is 17.9 Å². The molecule has 0 bridgehead atoms. The molecule has 0 saturated carbocycles. The minimum atomic E-state index is -0.158. The van der Waals surface area contributed by atoms with Gasteiger partial charge in [0.25, 0.3) is 5.91 Å². The van der Waals surface area contributed by atoms with E-state index in [1.165, 1.54) is 11.1 Å². The fourth-order valence-electron chi connectivity index (χ4n) is 3.60. The summed E-state index contributed by atoms with van der Waals surface area (Å²) in [6.07, 6.45) is 2.22. The Labute approximate surface area is 181 Å². The first-order valence-electron chi connectivity index (χ1n) is 10.1. The van der Waals surface area contributed by atoms with Gasteiger partial charge in [-0.3, -0.25) is 14.5 Å². The lowest BCUT2D eigenvalue weighted by molar-refractivity contribution is -0.122. The maximum Gasteiger partial charge on any atom is 0.251 e. The van der Waals surface area contributed by atoms with Gasteiger partial charge in [0.15, 0.2) is 0 Å². The normalized spacial score (nSPS) is 15.1. The van der Waals surface area contributed by atoms with Crippen LogP contribution in [-0.2, 0) is 11.3 Å². The summed E-state index contributed by atoms with van der Waals surface area (Å²) < 4.78 is 0.929. The van der Waals surface area contributed by atoms with Crippen LogP contribution in [0.4, 0.5) is 0 Å². The number of carbonyl (C=O) groups is 2. The Bertz CT molecular complexity index is 830. The average Bonchev–Trinajstić information content (AvgIpc) is 2.70. The number of piperidine rings is 1. The van der Waals surface area contributed by atoms with Gasteiger partial charge in [0.1, 0.15) is 0 Å². The molecule has 5 nitrogen and oxygen atoms in total. The van der Waals surface area contributed by atoms with Crippen molar-refractivity contribution in [1.82, 2.24) is 15.5 Å². The molecule has 2 N–H and O–H groups in total. The Morgan fingerprint density at radius 3 is 2.52 bits per heavy atom. The van der Waals surface area contributed by atoms with Crippen molar-refractivity contribution >= 4 is 27.7 Å². The van der Waals surface area contributed by atoms with Gasteiger partial charge in [-0.1, -0.05) is 45.8 Å². The zero-order valence-electron chi connectivity index (χ0n) is 16.8. The predicted molar refractivity (Wildman–Crippen MR) is 119 cm³/mol. The summed E-state index contributed by atoms with van der Waals surface area (Å²) in [5, 5.41) is 5.91. The maximum atomic E-state index is 12.2. The summed E-state index contributed by atoms with van der Waals surface area (Å²) in [5.74, 6) is -0.159. The van der Waals surface area contributed by atoms with Gasteiger partial charge in [-0.25, -0.2) is 0 Å². The molecule has 2 aromatic carbocycles. The molecule has 0 aromatic heterocycles. The lowest BCUT2D eigenvalue weighted by Crippen LogP contribution is -2.45. The zero-order chi connectivity index (χ0) is 20.6. The van der Waals surface area contributed by atoms with Gasteiger partial charge in [0.2, 0.25) is 5.91 Å². The van der Waals surface area contributed by atoms with Crippen LogP contribution < -0.4 is 10.6 Å². The van der Waals surface area contributed by atoms with Gasteiger partial charge in [-0.05, 0) is 49.6 Å². The molecule has 29 heavy (non-hydrogen) atoms. The number of rotatable bonds is 7. The van der Waals surface area contributed by atoms with E-state index in [1.807, 2.05) is 12.1 Å². The largest absolute Gasteiger partial charge is 0.353 e. The van der Waals surface area contributed by atoms with E-state index >= 15 is 0 Å². The Balaban J connectivity index is 1.33. The number of nitrogens with zero attached hydrogens (tertiary/aromatic N) is 1.